The Balaban J connectivity index is 1.63. The first-order valence-electron chi connectivity index (χ1n) is 11.5. The zero-order valence-electron chi connectivity index (χ0n) is 19.8. The maximum atomic E-state index is 12.9. The van der Waals surface area contributed by atoms with Gasteiger partial charge in [0.25, 0.3) is 0 Å². The summed E-state index contributed by atoms with van der Waals surface area (Å²) in [6.07, 6.45) is 6.13. The van der Waals surface area contributed by atoms with Gasteiger partial charge in [0, 0.05) is 30.2 Å². The molecule has 1 fully saturated rings. The average Bonchev–Trinajstić information content (AvgIpc) is 3.09. The molecule has 31 heavy (non-hydrogen) atoms. The van der Waals surface area contributed by atoms with E-state index in [1.54, 1.807) is 4.90 Å². The number of amides is 1. The van der Waals surface area contributed by atoms with Crippen molar-refractivity contribution < 1.29 is 9.53 Å². The van der Waals surface area contributed by atoms with Crippen LogP contribution in [0.3, 0.4) is 0 Å². The number of likely N-dealkylation sites (tertiary alicyclic amines) is 1. The smallest absolute Gasteiger partial charge is 0.414 e. The van der Waals surface area contributed by atoms with E-state index in [4.69, 9.17) is 9.84 Å². The minimum Gasteiger partial charge on any atom is -0.443 e. The van der Waals surface area contributed by atoms with Gasteiger partial charge in [0.1, 0.15) is 5.60 Å². The van der Waals surface area contributed by atoms with Gasteiger partial charge >= 0.3 is 6.09 Å². The molecule has 0 N–H and O–H groups in total. The van der Waals surface area contributed by atoms with E-state index in [2.05, 4.69) is 60.9 Å². The van der Waals surface area contributed by atoms with Crippen LogP contribution in [0.4, 0.5) is 4.79 Å². The monoisotopic (exact) mass is 424 g/mol. The molecule has 0 saturated carbocycles. The molecule has 6 nitrogen and oxygen atoms in total. The largest absolute Gasteiger partial charge is 0.443 e. The summed E-state index contributed by atoms with van der Waals surface area (Å²) in [7, 11) is 2.19. The van der Waals surface area contributed by atoms with Crippen molar-refractivity contribution in [2.45, 2.75) is 59.1 Å². The lowest BCUT2D eigenvalue weighted by Gasteiger charge is -2.34. The summed E-state index contributed by atoms with van der Waals surface area (Å²) in [6, 6.07) is 6.77. The molecule has 0 unspecified atom stereocenters. The van der Waals surface area contributed by atoms with Gasteiger partial charge in [0.15, 0.2) is 0 Å². The van der Waals surface area contributed by atoms with Gasteiger partial charge in [-0.1, -0.05) is 32.1 Å². The number of rotatable bonds is 2. The third-order valence-electron chi connectivity index (χ3n) is 6.34. The number of carbonyl (C=O) groups excluding carboxylic acids is 1. The van der Waals surface area contributed by atoms with Crippen molar-refractivity contribution in [3.05, 3.63) is 36.0 Å². The molecule has 1 aromatic carbocycles. The molecule has 1 saturated heterocycles. The lowest BCUT2D eigenvalue weighted by atomic mass is 9.94. The zero-order chi connectivity index (χ0) is 22.3. The molecule has 2 aromatic rings. The van der Waals surface area contributed by atoms with Crippen molar-refractivity contribution in [3.63, 3.8) is 0 Å². The molecule has 0 aliphatic carbocycles. The van der Waals surface area contributed by atoms with Gasteiger partial charge in [-0.25, -0.2) is 4.79 Å². The number of nitrogens with zero attached hydrogens (tertiary/aromatic N) is 4. The predicted molar refractivity (Wildman–Crippen MR) is 125 cm³/mol. The number of allylic oxidation sites excluding steroid dienone is 1. The van der Waals surface area contributed by atoms with Crippen LogP contribution in [0.2, 0.25) is 0 Å². The van der Waals surface area contributed by atoms with Crippen LogP contribution >= 0.6 is 0 Å². The maximum Gasteiger partial charge on any atom is 0.414 e. The summed E-state index contributed by atoms with van der Waals surface area (Å²) < 4.78 is 7.85. The van der Waals surface area contributed by atoms with E-state index in [1.165, 1.54) is 0 Å². The molecule has 1 aromatic heterocycles. The molecule has 168 valence electrons. The second kappa shape index (κ2) is 8.30. The Morgan fingerprint density at radius 3 is 2.68 bits per heavy atom. The number of ether oxygens (including phenoxy) is 1. The number of hydrogen-bond acceptors (Lipinski definition) is 4. The molecule has 2 aliphatic heterocycles. The van der Waals surface area contributed by atoms with Crippen molar-refractivity contribution in [2.24, 2.45) is 11.8 Å². The SMILES string of the molecule is C[C@H]1CC=C(c2ccc3cn([C@@H]4CCN(C)C[C@@H]4C)nc3c2)N(C(=O)OC(C)(C)C)C1. The van der Waals surface area contributed by atoms with Crippen LogP contribution in [-0.2, 0) is 4.74 Å². The fourth-order valence-electron chi connectivity index (χ4n) is 4.77. The highest BCUT2D eigenvalue weighted by Gasteiger charge is 2.30. The van der Waals surface area contributed by atoms with Crippen LogP contribution in [0.25, 0.3) is 16.6 Å². The number of piperidine rings is 1. The Labute approximate surface area is 185 Å². The quantitative estimate of drug-likeness (QED) is 0.668. The van der Waals surface area contributed by atoms with Crippen molar-refractivity contribution in [1.29, 1.82) is 0 Å². The van der Waals surface area contributed by atoms with Crippen LogP contribution in [0.1, 0.15) is 59.1 Å². The third-order valence-corrected chi connectivity index (χ3v) is 6.34. The van der Waals surface area contributed by atoms with Gasteiger partial charge in [0.05, 0.1) is 17.3 Å². The maximum absolute atomic E-state index is 12.9. The van der Waals surface area contributed by atoms with E-state index in [-0.39, 0.29) is 6.09 Å². The fourth-order valence-corrected chi connectivity index (χ4v) is 4.77. The van der Waals surface area contributed by atoms with E-state index in [0.29, 0.717) is 24.4 Å². The van der Waals surface area contributed by atoms with E-state index < -0.39 is 5.60 Å². The van der Waals surface area contributed by atoms with E-state index in [0.717, 1.165) is 48.1 Å². The van der Waals surface area contributed by atoms with Crippen molar-refractivity contribution in [3.8, 4) is 0 Å². The highest BCUT2D eigenvalue weighted by molar-refractivity contribution is 5.87. The minimum atomic E-state index is -0.517. The summed E-state index contributed by atoms with van der Waals surface area (Å²) in [5.74, 6) is 0.975. The fraction of sp³-hybridized carbons (Fsp3) is 0.600. The van der Waals surface area contributed by atoms with Crippen molar-refractivity contribution in [1.82, 2.24) is 19.6 Å². The Morgan fingerprint density at radius 1 is 1.19 bits per heavy atom. The molecule has 1 amide bonds. The van der Waals surface area contributed by atoms with Crippen LogP contribution in [0.5, 0.6) is 0 Å². The highest BCUT2D eigenvalue weighted by atomic mass is 16.6. The van der Waals surface area contributed by atoms with Crippen LogP contribution in [0.15, 0.2) is 30.5 Å². The minimum absolute atomic E-state index is 0.281. The first kappa shape index (κ1) is 21.9. The van der Waals surface area contributed by atoms with Gasteiger partial charge in [-0.2, -0.15) is 5.10 Å². The Bertz CT molecular complexity index is 987. The number of fused-ring (bicyclic) bond motifs is 1. The molecule has 0 spiro atoms. The predicted octanol–water partition coefficient (Wildman–Crippen LogP) is 5.17. The molecule has 3 heterocycles. The van der Waals surface area contributed by atoms with E-state index in [9.17, 15) is 4.79 Å². The molecular weight excluding hydrogens is 388 g/mol. The second-order valence-electron chi connectivity index (χ2n) is 10.5. The number of carbonyl (C=O) groups is 1. The van der Waals surface area contributed by atoms with Crippen molar-refractivity contribution >= 4 is 22.7 Å². The summed E-state index contributed by atoms with van der Waals surface area (Å²) in [4.78, 5) is 17.1. The first-order chi connectivity index (χ1) is 14.6. The molecule has 4 rings (SSSR count). The first-order valence-corrected chi connectivity index (χ1v) is 11.5. The van der Waals surface area contributed by atoms with Crippen LogP contribution < -0.4 is 0 Å². The third kappa shape index (κ3) is 4.79. The molecule has 2 aliphatic rings. The van der Waals surface area contributed by atoms with Gasteiger partial charge in [-0.15, -0.1) is 0 Å². The number of aromatic nitrogens is 2. The van der Waals surface area contributed by atoms with Crippen molar-refractivity contribution in [2.75, 3.05) is 26.7 Å². The van der Waals surface area contributed by atoms with Gasteiger partial charge in [-0.05, 0) is 65.1 Å². The average molecular weight is 425 g/mol. The van der Waals surface area contributed by atoms with Gasteiger partial charge < -0.3 is 9.64 Å². The molecular formula is C25H36N4O2. The van der Waals surface area contributed by atoms with E-state index in [1.807, 2.05) is 20.8 Å². The Morgan fingerprint density at radius 2 is 1.97 bits per heavy atom. The molecule has 0 radical (unpaired) electrons. The standard InChI is InChI=1S/C25H36N4O2/c1-17-7-10-23(28(14-17)24(30)31-25(3,4)5)19-8-9-20-16-29(26-21(20)13-19)22-11-12-27(6)15-18(22)2/h8-10,13,16-18,22H,7,11-12,14-15H2,1-6H3/t17-,18-,22+/m0/s1. The van der Waals surface area contributed by atoms with Crippen LogP contribution in [-0.4, -0.2) is 58.0 Å². The number of benzene rings is 1. The summed E-state index contributed by atoms with van der Waals surface area (Å²) in [6.45, 7) is 13.1. The molecule has 0 bridgehead atoms. The topological polar surface area (TPSA) is 50.6 Å². The Hall–Kier alpha value is -2.34. The van der Waals surface area contributed by atoms with Crippen LogP contribution in [0, 0.1) is 11.8 Å². The lowest BCUT2D eigenvalue weighted by Crippen LogP contribution is -2.39. The number of hydrogen-bond donors (Lipinski definition) is 0. The van der Waals surface area contributed by atoms with E-state index >= 15 is 0 Å². The second-order valence-corrected chi connectivity index (χ2v) is 10.5. The highest BCUT2D eigenvalue weighted by Crippen LogP contribution is 2.32. The molecule has 3 atom stereocenters. The van der Waals surface area contributed by atoms with Gasteiger partial charge in [-0.3, -0.25) is 9.58 Å². The zero-order valence-corrected chi connectivity index (χ0v) is 19.8. The summed E-state index contributed by atoms with van der Waals surface area (Å²) in [5, 5.41) is 6.09. The summed E-state index contributed by atoms with van der Waals surface area (Å²) in [5.41, 5.74) is 2.41. The normalized spacial score (nSPS) is 25.5. The summed E-state index contributed by atoms with van der Waals surface area (Å²) >= 11 is 0. The Kier molecular flexibility index (Phi) is 5.86. The molecule has 6 heteroatoms. The lowest BCUT2D eigenvalue weighted by molar-refractivity contribution is 0.0327. The van der Waals surface area contributed by atoms with Gasteiger partial charge in [0.2, 0.25) is 0 Å².